The fourth-order valence-electron chi connectivity index (χ4n) is 4.29. The van der Waals surface area contributed by atoms with Gasteiger partial charge < -0.3 is 9.47 Å². The molecule has 0 fully saturated rings. The molecule has 0 radical (unpaired) electrons. The number of esters is 1. The number of benzene rings is 4. The van der Waals surface area contributed by atoms with Crippen molar-refractivity contribution in [1.82, 2.24) is 0 Å². The summed E-state index contributed by atoms with van der Waals surface area (Å²) in [6.07, 6.45) is -0.875. The Morgan fingerprint density at radius 2 is 1.57 bits per heavy atom. The minimum atomic E-state index is -2.34. The van der Waals surface area contributed by atoms with Crippen molar-refractivity contribution in [2.24, 2.45) is 0 Å². The standard InChI is InChI=1S/C28H27NO5S/c1-18-9-10-19(2)25(17-18)23-15-16-26(24-8-6-5-7-22(23)24)29(35(31)32)21-13-11-20(12-14-21)27(33-3)28(30)34-4/h5-17,27H,1-4H3,(H,31,32)/t27-/m0/s1. The van der Waals surface area contributed by atoms with Crippen LogP contribution >= 0.6 is 0 Å². The fourth-order valence-corrected chi connectivity index (χ4v) is 4.92. The minimum Gasteiger partial charge on any atom is -0.467 e. The highest BCUT2D eigenvalue weighted by molar-refractivity contribution is 7.81. The number of carbonyl (C=O) groups excluding carboxylic acids is 1. The molecule has 0 saturated carbocycles. The lowest BCUT2D eigenvalue weighted by atomic mass is 9.93. The smallest absolute Gasteiger partial charge is 0.339 e. The lowest BCUT2D eigenvalue weighted by Crippen LogP contribution is -2.20. The van der Waals surface area contributed by atoms with Crippen molar-refractivity contribution < 1.29 is 23.0 Å². The molecule has 0 aliphatic rings. The van der Waals surface area contributed by atoms with Crippen molar-refractivity contribution in [3.63, 3.8) is 0 Å². The van der Waals surface area contributed by atoms with Crippen LogP contribution in [0, 0.1) is 13.8 Å². The number of ether oxygens (including phenoxy) is 2. The Morgan fingerprint density at radius 1 is 0.886 bits per heavy atom. The molecular weight excluding hydrogens is 462 g/mol. The average molecular weight is 490 g/mol. The van der Waals surface area contributed by atoms with E-state index in [-0.39, 0.29) is 0 Å². The van der Waals surface area contributed by atoms with E-state index in [1.165, 1.54) is 24.1 Å². The van der Waals surface area contributed by atoms with E-state index in [1.54, 1.807) is 24.3 Å². The van der Waals surface area contributed by atoms with E-state index in [0.717, 1.165) is 27.5 Å². The van der Waals surface area contributed by atoms with Gasteiger partial charge in [-0.05, 0) is 59.7 Å². The van der Waals surface area contributed by atoms with Crippen molar-refractivity contribution in [2.45, 2.75) is 20.0 Å². The minimum absolute atomic E-state index is 0.499. The van der Waals surface area contributed by atoms with Crippen molar-refractivity contribution in [2.75, 3.05) is 18.5 Å². The summed E-state index contributed by atoms with van der Waals surface area (Å²) < 4.78 is 34.3. The number of anilines is 2. The Bertz CT molecular complexity index is 1400. The molecule has 0 spiro atoms. The molecule has 2 atom stereocenters. The van der Waals surface area contributed by atoms with Crippen molar-refractivity contribution in [3.8, 4) is 11.1 Å². The van der Waals surface area contributed by atoms with Crippen LogP contribution in [0.25, 0.3) is 21.9 Å². The van der Waals surface area contributed by atoms with Crippen LogP contribution in [0.3, 0.4) is 0 Å². The monoisotopic (exact) mass is 489 g/mol. The Kier molecular flexibility index (Phi) is 7.31. The molecule has 1 unspecified atom stereocenters. The van der Waals surface area contributed by atoms with Gasteiger partial charge in [-0.3, -0.25) is 4.55 Å². The van der Waals surface area contributed by atoms with Gasteiger partial charge in [0.2, 0.25) is 0 Å². The first-order valence-corrected chi connectivity index (χ1v) is 12.1. The molecule has 180 valence electrons. The molecule has 0 aliphatic carbocycles. The van der Waals surface area contributed by atoms with Gasteiger partial charge in [-0.1, -0.05) is 66.2 Å². The molecule has 1 N–H and O–H groups in total. The number of nitrogens with zero attached hydrogens (tertiary/aromatic N) is 1. The van der Waals surface area contributed by atoms with E-state index < -0.39 is 23.3 Å². The molecule has 4 rings (SSSR count). The van der Waals surface area contributed by atoms with Crippen molar-refractivity contribution >= 4 is 39.4 Å². The zero-order chi connectivity index (χ0) is 25.1. The van der Waals surface area contributed by atoms with E-state index in [0.29, 0.717) is 16.9 Å². The summed E-state index contributed by atoms with van der Waals surface area (Å²) in [6.45, 7) is 4.14. The molecule has 4 aromatic rings. The second kappa shape index (κ2) is 10.4. The second-order valence-corrected chi connectivity index (χ2v) is 9.08. The van der Waals surface area contributed by atoms with E-state index in [2.05, 4.69) is 32.0 Å². The third-order valence-electron chi connectivity index (χ3n) is 6.04. The first kappa shape index (κ1) is 24.6. The van der Waals surface area contributed by atoms with Gasteiger partial charge in [-0.15, -0.1) is 0 Å². The van der Waals surface area contributed by atoms with Crippen molar-refractivity contribution in [1.29, 1.82) is 0 Å². The summed E-state index contributed by atoms with van der Waals surface area (Å²) in [6, 6.07) is 24.8. The normalized spacial score (nSPS) is 12.8. The lowest BCUT2D eigenvalue weighted by molar-refractivity contribution is -0.152. The molecule has 0 saturated heterocycles. The van der Waals surface area contributed by atoms with Crippen LogP contribution in [0.4, 0.5) is 11.4 Å². The molecule has 4 aromatic carbocycles. The van der Waals surface area contributed by atoms with Gasteiger partial charge in [0.05, 0.1) is 18.5 Å². The van der Waals surface area contributed by atoms with E-state index in [9.17, 15) is 13.6 Å². The highest BCUT2D eigenvalue weighted by Crippen LogP contribution is 2.39. The van der Waals surface area contributed by atoms with Crippen LogP contribution < -0.4 is 4.31 Å². The van der Waals surface area contributed by atoms with Gasteiger partial charge in [-0.25, -0.2) is 13.3 Å². The highest BCUT2D eigenvalue weighted by Gasteiger charge is 2.23. The molecule has 0 heterocycles. The summed E-state index contributed by atoms with van der Waals surface area (Å²) in [4.78, 5) is 12.0. The molecular formula is C28H27NO5S. The molecule has 0 amide bonds. The van der Waals surface area contributed by atoms with E-state index >= 15 is 0 Å². The quantitative estimate of drug-likeness (QED) is 0.245. The first-order valence-electron chi connectivity index (χ1n) is 11.1. The second-order valence-electron chi connectivity index (χ2n) is 8.25. The average Bonchev–Trinajstić information content (AvgIpc) is 2.87. The number of hydrogen-bond acceptors (Lipinski definition) is 4. The van der Waals surface area contributed by atoms with Crippen LogP contribution in [-0.2, 0) is 25.5 Å². The molecule has 0 bridgehead atoms. The molecule has 6 nitrogen and oxygen atoms in total. The summed E-state index contributed by atoms with van der Waals surface area (Å²) in [5, 5.41) is 1.83. The highest BCUT2D eigenvalue weighted by atomic mass is 32.2. The maximum absolute atomic E-state index is 12.6. The van der Waals surface area contributed by atoms with Crippen LogP contribution in [-0.4, -0.2) is 29.0 Å². The predicted octanol–water partition coefficient (Wildman–Crippen LogP) is 6.26. The van der Waals surface area contributed by atoms with E-state index in [4.69, 9.17) is 9.47 Å². The maximum atomic E-state index is 12.6. The SMILES string of the molecule is COC(=O)[C@@H](OC)c1ccc(N(c2ccc(-c3cc(C)ccc3C)c3ccccc23)S(=O)O)cc1. The summed E-state index contributed by atoms with van der Waals surface area (Å²) in [5.74, 6) is -0.518. The summed E-state index contributed by atoms with van der Waals surface area (Å²) >= 11 is -2.34. The Balaban J connectivity index is 1.83. The zero-order valence-electron chi connectivity index (χ0n) is 20.0. The third-order valence-corrected chi connectivity index (χ3v) is 6.76. The fraction of sp³-hybridized carbons (Fsp3) is 0.179. The van der Waals surface area contributed by atoms with Gasteiger partial charge in [0.15, 0.2) is 6.10 Å². The summed E-state index contributed by atoms with van der Waals surface area (Å²) in [5.41, 5.74) is 6.19. The number of hydrogen-bond donors (Lipinski definition) is 1. The first-order chi connectivity index (χ1) is 16.8. The van der Waals surface area contributed by atoms with Crippen LogP contribution in [0.2, 0.25) is 0 Å². The number of methoxy groups -OCH3 is 2. The predicted molar refractivity (Wildman–Crippen MR) is 140 cm³/mol. The van der Waals surface area contributed by atoms with Gasteiger partial charge >= 0.3 is 5.97 Å². The van der Waals surface area contributed by atoms with Crippen LogP contribution in [0.15, 0.2) is 78.9 Å². The number of carbonyl (C=O) groups is 1. The van der Waals surface area contributed by atoms with Gasteiger partial charge in [-0.2, -0.15) is 0 Å². The Labute approximate surface area is 207 Å². The Hall–Kier alpha value is -3.52. The van der Waals surface area contributed by atoms with Crippen LogP contribution in [0.1, 0.15) is 22.8 Å². The van der Waals surface area contributed by atoms with Gasteiger partial charge in [0.25, 0.3) is 11.3 Å². The zero-order valence-corrected chi connectivity index (χ0v) is 20.8. The van der Waals surface area contributed by atoms with Crippen LogP contribution in [0.5, 0.6) is 0 Å². The third kappa shape index (κ3) is 4.84. The lowest BCUT2D eigenvalue weighted by Gasteiger charge is -2.24. The topological polar surface area (TPSA) is 76.1 Å². The largest absolute Gasteiger partial charge is 0.467 e. The molecule has 35 heavy (non-hydrogen) atoms. The molecule has 0 aromatic heterocycles. The number of fused-ring (bicyclic) bond motifs is 1. The number of aryl methyl sites for hydroxylation is 2. The van der Waals surface area contributed by atoms with Gasteiger partial charge in [0, 0.05) is 12.5 Å². The van der Waals surface area contributed by atoms with Gasteiger partial charge in [0.1, 0.15) is 0 Å². The summed E-state index contributed by atoms with van der Waals surface area (Å²) in [7, 11) is 2.72. The Morgan fingerprint density at radius 3 is 2.20 bits per heavy atom. The maximum Gasteiger partial charge on any atom is 0.339 e. The molecule has 0 aliphatic heterocycles. The number of rotatable bonds is 7. The van der Waals surface area contributed by atoms with Crippen molar-refractivity contribution in [3.05, 3.63) is 95.6 Å². The van der Waals surface area contributed by atoms with E-state index in [1.807, 2.05) is 36.4 Å². The molecule has 7 heteroatoms.